The zero-order valence-corrected chi connectivity index (χ0v) is 42.1. The van der Waals surface area contributed by atoms with E-state index in [1.807, 2.05) is 13.8 Å². The fraction of sp³-hybridized carbons (Fsp3) is 0.347. The standard InChI is InChI=1S/C49H57N15O11/c1-7-63-34(20-27(3)57-63)45(71)55-48-53-31-22-29(43(50)69)24-36(74-6)41(31)61(48)16-9-10-17-62-42-32(54-49(62)56-46(72)35-21-28(4)58-64(35)8-2)23-30(44(51)70)25-37(42)75-19-11-15-59(5)47(73)33(26-65)52-38(66)14-18-60-39(67)12-13-40(60)68/h9-10,12-13,20-25,33,65H,7-8,11,14-19,26H2,1-6H3,(H2,50,69)(H2,51,70)(H,52,66)(H,53,55,71)(H,54,56,72)/b10-9+/t33-/m0/s1. The molecule has 8 N–H and O–H groups in total. The van der Waals surface area contributed by atoms with Gasteiger partial charge in [0.05, 0.1) is 42.7 Å². The number of hydrogen-bond acceptors (Lipinski definition) is 15. The molecule has 4 aromatic heterocycles. The van der Waals surface area contributed by atoms with Crippen LogP contribution in [0.3, 0.4) is 0 Å². The highest BCUT2D eigenvalue weighted by Gasteiger charge is 2.28. The van der Waals surface area contributed by atoms with E-state index in [1.165, 1.54) is 43.3 Å². The Bertz CT molecular complexity index is 3290. The van der Waals surface area contributed by atoms with E-state index in [0.29, 0.717) is 46.7 Å². The molecule has 2 aromatic carbocycles. The van der Waals surface area contributed by atoms with E-state index in [2.05, 4.69) is 31.1 Å². The Morgan fingerprint density at radius 2 is 1.25 bits per heavy atom. The van der Waals surface area contributed by atoms with E-state index >= 15 is 0 Å². The van der Waals surface area contributed by atoms with Gasteiger partial charge >= 0.3 is 0 Å². The number of methoxy groups -OCH3 is 1. The van der Waals surface area contributed by atoms with Crippen LogP contribution in [0.5, 0.6) is 11.5 Å². The van der Waals surface area contributed by atoms with Crippen molar-refractivity contribution in [2.75, 3.05) is 51.1 Å². The van der Waals surface area contributed by atoms with Crippen LogP contribution in [0.4, 0.5) is 11.9 Å². The highest BCUT2D eigenvalue weighted by Crippen LogP contribution is 2.33. The number of nitrogens with one attached hydrogen (secondary N) is 3. The zero-order valence-electron chi connectivity index (χ0n) is 42.1. The Labute approximate surface area is 428 Å². The van der Waals surface area contributed by atoms with E-state index in [-0.39, 0.29) is 91.4 Å². The van der Waals surface area contributed by atoms with Gasteiger partial charge in [0.25, 0.3) is 23.6 Å². The summed E-state index contributed by atoms with van der Waals surface area (Å²) >= 11 is 0. The summed E-state index contributed by atoms with van der Waals surface area (Å²) in [5.74, 6) is -4.31. The fourth-order valence-electron chi connectivity index (χ4n) is 8.36. The summed E-state index contributed by atoms with van der Waals surface area (Å²) in [6, 6.07) is 7.83. The summed E-state index contributed by atoms with van der Waals surface area (Å²) < 4.78 is 18.4. The number of allylic oxidation sites excluding steroid dienone is 2. The molecule has 0 aliphatic carbocycles. The molecule has 6 aromatic rings. The first-order valence-corrected chi connectivity index (χ1v) is 23.8. The number of imidazole rings is 2. The number of nitrogens with two attached hydrogens (primary N) is 2. The van der Waals surface area contributed by atoms with Crippen molar-refractivity contribution >= 4 is 81.2 Å². The quantitative estimate of drug-likeness (QED) is 0.0284. The van der Waals surface area contributed by atoms with Gasteiger partial charge in [-0.1, -0.05) is 12.2 Å². The number of amides is 8. The summed E-state index contributed by atoms with van der Waals surface area (Å²) in [4.78, 5) is 114. The number of fused-ring (bicyclic) bond motifs is 2. The first-order valence-electron chi connectivity index (χ1n) is 23.8. The molecule has 0 spiro atoms. The van der Waals surface area contributed by atoms with Crippen LogP contribution in [-0.4, -0.2) is 147 Å². The number of carbonyl (C=O) groups is 8. The number of primary amides is 2. The molecule has 7 rings (SSSR count). The summed E-state index contributed by atoms with van der Waals surface area (Å²) in [5, 5.41) is 27.0. The van der Waals surface area contributed by atoms with E-state index in [1.54, 1.807) is 56.6 Å². The lowest BCUT2D eigenvalue weighted by Gasteiger charge is -2.24. The number of aliphatic hydroxyl groups is 1. The van der Waals surface area contributed by atoms with Gasteiger partial charge in [-0.3, -0.25) is 63.3 Å². The summed E-state index contributed by atoms with van der Waals surface area (Å²) in [7, 11) is 2.89. The Balaban J connectivity index is 1.16. The van der Waals surface area contributed by atoms with Gasteiger partial charge in [0.1, 0.15) is 40.0 Å². The average Bonchev–Trinajstić information content (AvgIpc) is 4.21. The van der Waals surface area contributed by atoms with Gasteiger partial charge in [-0.25, -0.2) is 9.97 Å². The molecule has 1 aliphatic rings. The van der Waals surface area contributed by atoms with Gasteiger partial charge in [-0.15, -0.1) is 0 Å². The molecule has 0 saturated heterocycles. The van der Waals surface area contributed by atoms with Gasteiger partial charge in [0.15, 0.2) is 0 Å². The van der Waals surface area contributed by atoms with Gasteiger partial charge in [-0.2, -0.15) is 10.2 Å². The number of aryl methyl sites for hydroxylation is 4. The fourth-order valence-corrected chi connectivity index (χ4v) is 8.36. The van der Waals surface area contributed by atoms with Gasteiger partial charge < -0.3 is 45.4 Å². The molecule has 1 aliphatic heterocycles. The molecule has 5 heterocycles. The van der Waals surface area contributed by atoms with Crippen molar-refractivity contribution < 1.29 is 52.9 Å². The Kier molecular flexibility index (Phi) is 16.5. The minimum absolute atomic E-state index is 0.0315. The predicted molar refractivity (Wildman–Crippen MR) is 271 cm³/mol. The third-order valence-corrected chi connectivity index (χ3v) is 12.0. The van der Waals surface area contributed by atoms with Crippen molar-refractivity contribution in [3.8, 4) is 11.5 Å². The van der Waals surface area contributed by atoms with Crippen molar-refractivity contribution in [3.05, 3.63) is 94.6 Å². The van der Waals surface area contributed by atoms with Gasteiger partial charge in [0, 0.05) is 76.0 Å². The number of hydrogen-bond donors (Lipinski definition) is 6. The number of likely N-dealkylation sites (N-methyl/N-ethyl adjacent to an activating group) is 1. The van der Waals surface area contributed by atoms with Crippen LogP contribution in [0, 0.1) is 13.8 Å². The average molecular weight is 1030 g/mol. The molecule has 0 radical (unpaired) electrons. The normalized spacial score (nSPS) is 12.8. The molecule has 8 amide bonds. The number of aliphatic hydroxyl groups excluding tert-OH is 1. The first kappa shape index (κ1) is 53.6. The molecule has 0 fully saturated rings. The minimum Gasteiger partial charge on any atom is -0.494 e. The van der Waals surface area contributed by atoms with Crippen molar-refractivity contribution in [2.45, 2.75) is 72.8 Å². The van der Waals surface area contributed by atoms with Crippen molar-refractivity contribution in [1.82, 2.24) is 53.8 Å². The second kappa shape index (κ2) is 23.1. The molecule has 0 bridgehead atoms. The van der Waals surface area contributed by atoms with E-state index in [0.717, 1.165) is 17.1 Å². The predicted octanol–water partition coefficient (Wildman–Crippen LogP) is 1.42. The van der Waals surface area contributed by atoms with Crippen LogP contribution in [0.1, 0.15) is 79.8 Å². The topological polar surface area (TPSA) is 341 Å². The maximum Gasteiger partial charge on any atom is 0.276 e. The van der Waals surface area contributed by atoms with E-state index in [9.17, 15) is 43.5 Å². The van der Waals surface area contributed by atoms with E-state index < -0.39 is 59.9 Å². The number of ether oxygens (including phenoxy) is 2. The maximum atomic E-state index is 13.9. The molecule has 26 heteroatoms. The largest absolute Gasteiger partial charge is 0.494 e. The van der Waals surface area contributed by atoms with Gasteiger partial charge in [-0.05, 0) is 70.5 Å². The van der Waals surface area contributed by atoms with E-state index in [4.69, 9.17) is 25.9 Å². The van der Waals surface area contributed by atoms with Crippen molar-refractivity contribution in [1.29, 1.82) is 0 Å². The Morgan fingerprint density at radius 1 is 0.760 bits per heavy atom. The number of benzene rings is 2. The number of carbonyl (C=O) groups excluding carboxylic acids is 8. The molecule has 1 atom stereocenters. The lowest BCUT2D eigenvalue weighted by Crippen LogP contribution is -2.50. The van der Waals surface area contributed by atoms with Crippen LogP contribution >= 0.6 is 0 Å². The second-order valence-electron chi connectivity index (χ2n) is 17.2. The molecule has 394 valence electrons. The lowest BCUT2D eigenvalue weighted by molar-refractivity contribution is -0.139. The second-order valence-corrected chi connectivity index (χ2v) is 17.2. The third-order valence-electron chi connectivity index (χ3n) is 12.0. The Morgan fingerprint density at radius 3 is 1.72 bits per heavy atom. The molecule has 26 nitrogen and oxygen atoms in total. The van der Waals surface area contributed by atoms with Crippen LogP contribution < -0.4 is 36.9 Å². The maximum absolute atomic E-state index is 13.9. The molecule has 0 unspecified atom stereocenters. The lowest BCUT2D eigenvalue weighted by atomic mass is 10.1. The Hall–Kier alpha value is -9.20. The zero-order chi connectivity index (χ0) is 54.2. The van der Waals surface area contributed by atoms with Crippen LogP contribution in [0.25, 0.3) is 22.1 Å². The highest BCUT2D eigenvalue weighted by atomic mass is 16.5. The number of anilines is 2. The van der Waals surface area contributed by atoms with Crippen LogP contribution in [-0.2, 0) is 45.4 Å². The van der Waals surface area contributed by atoms with Gasteiger partial charge in [0.2, 0.25) is 35.5 Å². The SMILES string of the molecule is CCn1nc(C)cc1C(=O)Nc1nc2cc(C(N)=O)cc(OC)c2n1C/C=C/Cn1c(NC(=O)c2cc(C)nn2CC)nc2cc(C(N)=O)cc(OCCCN(C)C(=O)[C@H](CO)NC(=O)CCN3C(=O)C=CC3=O)c21. The monoisotopic (exact) mass is 1030 g/mol. The molecule has 0 saturated carbocycles. The molecule has 75 heavy (non-hydrogen) atoms. The molecular weight excluding hydrogens is 975 g/mol. The summed E-state index contributed by atoms with van der Waals surface area (Å²) in [6.45, 7) is 7.29. The smallest absolute Gasteiger partial charge is 0.276 e. The summed E-state index contributed by atoms with van der Waals surface area (Å²) in [5.41, 5.74) is 14.7. The van der Waals surface area contributed by atoms with Crippen molar-refractivity contribution in [2.24, 2.45) is 11.5 Å². The number of nitrogens with zero attached hydrogens (tertiary/aromatic N) is 10. The van der Waals surface area contributed by atoms with Crippen LogP contribution in [0.15, 0.2) is 60.7 Å². The first-order chi connectivity index (χ1) is 35.8. The number of rotatable bonds is 24. The van der Waals surface area contributed by atoms with Crippen LogP contribution in [0.2, 0.25) is 0 Å². The third kappa shape index (κ3) is 11.9. The minimum atomic E-state index is -1.32. The highest BCUT2D eigenvalue weighted by molar-refractivity contribution is 6.13. The molecular formula is C49H57N15O11. The number of imide groups is 1. The summed E-state index contributed by atoms with van der Waals surface area (Å²) in [6.07, 6.45) is 5.64. The van der Waals surface area contributed by atoms with Crippen molar-refractivity contribution in [3.63, 3.8) is 0 Å². The number of aromatic nitrogens is 8.